The lowest BCUT2D eigenvalue weighted by Crippen LogP contribution is -2.04. The Kier molecular flexibility index (Phi) is 3.84. The fourth-order valence-electron chi connectivity index (χ4n) is 0.758. The topological polar surface area (TPSA) is 59.4 Å². The van der Waals surface area contributed by atoms with Crippen molar-refractivity contribution >= 4 is 11.4 Å². The van der Waals surface area contributed by atoms with E-state index in [1.54, 1.807) is 19.5 Å². The Hall–Kier alpha value is -1.49. The molecular formula is C8H12N4O. The molecule has 0 fully saturated rings. The molecule has 5 heteroatoms. The molecule has 0 unspecified atom stereocenters. The maximum atomic E-state index is 4.89. The van der Waals surface area contributed by atoms with E-state index in [-0.39, 0.29) is 0 Å². The molecule has 13 heavy (non-hydrogen) atoms. The molecule has 1 aromatic heterocycles. The lowest BCUT2D eigenvalue weighted by Gasteiger charge is -2.00. The van der Waals surface area contributed by atoms with Crippen LogP contribution in [0.15, 0.2) is 23.8 Å². The molecule has 0 amide bonds. The van der Waals surface area contributed by atoms with Crippen LogP contribution in [0.1, 0.15) is 6.92 Å². The Morgan fingerprint density at radius 2 is 2.23 bits per heavy atom. The van der Waals surface area contributed by atoms with E-state index in [1.807, 2.05) is 6.92 Å². The second kappa shape index (κ2) is 5.21. The quantitative estimate of drug-likeness (QED) is 0.552. The van der Waals surface area contributed by atoms with Crippen molar-refractivity contribution in [3.63, 3.8) is 0 Å². The van der Waals surface area contributed by atoms with Crippen molar-refractivity contribution < 1.29 is 4.74 Å². The van der Waals surface area contributed by atoms with E-state index in [2.05, 4.69) is 20.5 Å². The van der Waals surface area contributed by atoms with Gasteiger partial charge in [-0.05, 0) is 6.92 Å². The minimum absolute atomic E-state index is 0.515. The van der Waals surface area contributed by atoms with Gasteiger partial charge in [0.15, 0.2) is 0 Å². The molecule has 0 spiro atoms. The molecule has 0 aromatic carbocycles. The van der Waals surface area contributed by atoms with Crippen molar-refractivity contribution in [3.05, 3.63) is 18.7 Å². The van der Waals surface area contributed by atoms with Gasteiger partial charge >= 0.3 is 0 Å². The van der Waals surface area contributed by atoms with E-state index in [9.17, 15) is 0 Å². The molecule has 5 nitrogen and oxygen atoms in total. The standard InChI is InChI=1S/C8H12N4O/c1-7(5-13-2)11-12-8-3-9-6-10-4-8/h3-4,6,12H,5H2,1-2H3/b11-7+. The minimum Gasteiger partial charge on any atom is -0.379 e. The van der Waals surface area contributed by atoms with Gasteiger partial charge < -0.3 is 4.74 Å². The molecule has 0 aliphatic heterocycles. The van der Waals surface area contributed by atoms with Crippen LogP contribution in [0, 0.1) is 0 Å². The number of anilines is 1. The van der Waals surface area contributed by atoms with Gasteiger partial charge in [0, 0.05) is 7.11 Å². The normalized spacial score (nSPS) is 11.4. The summed E-state index contributed by atoms with van der Waals surface area (Å²) in [5.74, 6) is 0. The molecule has 0 atom stereocenters. The third-order valence-electron chi connectivity index (χ3n) is 1.29. The van der Waals surface area contributed by atoms with Crippen LogP contribution < -0.4 is 5.43 Å². The zero-order valence-corrected chi connectivity index (χ0v) is 7.69. The summed E-state index contributed by atoms with van der Waals surface area (Å²) >= 11 is 0. The highest BCUT2D eigenvalue weighted by atomic mass is 16.5. The maximum absolute atomic E-state index is 4.89. The number of nitrogens with zero attached hydrogens (tertiary/aromatic N) is 3. The highest BCUT2D eigenvalue weighted by molar-refractivity contribution is 5.83. The number of rotatable bonds is 4. The van der Waals surface area contributed by atoms with Crippen LogP contribution in [0.4, 0.5) is 5.69 Å². The van der Waals surface area contributed by atoms with Gasteiger partial charge in [0.05, 0.1) is 30.4 Å². The molecule has 0 saturated carbocycles. The van der Waals surface area contributed by atoms with Crippen LogP contribution >= 0.6 is 0 Å². The van der Waals surface area contributed by atoms with Crippen molar-refractivity contribution in [3.8, 4) is 0 Å². The number of hydrogen-bond acceptors (Lipinski definition) is 5. The van der Waals surface area contributed by atoms with Gasteiger partial charge in [-0.25, -0.2) is 9.97 Å². The lowest BCUT2D eigenvalue weighted by molar-refractivity contribution is 0.245. The number of aromatic nitrogens is 2. The summed E-state index contributed by atoms with van der Waals surface area (Å²) in [4.78, 5) is 7.67. The smallest absolute Gasteiger partial charge is 0.115 e. The zero-order valence-electron chi connectivity index (χ0n) is 7.69. The minimum atomic E-state index is 0.515. The Morgan fingerprint density at radius 3 is 2.85 bits per heavy atom. The van der Waals surface area contributed by atoms with Crippen LogP contribution in [-0.2, 0) is 4.74 Å². The third kappa shape index (κ3) is 3.62. The van der Waals surface area contributed by atoms with Crippen molar-refractivity contribution in [2.75, 3.05) is 19.1 Å². The SMILES string of the molecule is COC/C(C)=N/Nc1cncnc1. The predicted molar refractivity (Wildman–Crippen MR) is 50.6 cm³/mol. The first-order chi connectivity index (χ1) is 6.33. The summed E-state index contributed by atoms with van der Waals surface area (Å²) in [6, 6.07) is 0. The molecule has 0 saturated heterocycles. The molecule has 70 valence electrons. The number of hydrazone groups is 1. The van der Waals surface area contributed by atoms with Gasteiger partial charge in [0.1, 0.15) is 6.33 Å². The van der Waals surface area contributed by atoms with Crippen LogP contribution in [-0.4, -0.2) is 29.4 Å². The van der Waals surface area contributed by atoms with Crippen molar-refractivity contribution in [2.45, 2.75) is 6.92 Å². The third-order valence-corrected chi connectivity index (χ3v) is 1.29. The van der Waals surface area contributed by atoms with Crippen molar-refractivity contribution in [1.82, 2.24) is 9.97 Å². The Morgan fingerprint density at radius 1 is 1.54 bits per heavy atom. The summed E-state index contributed by atoms with van der Waals surface area (Å²) in [7, 11) is 1.63. The summed E-state index contributed by atoms with van der Waals surface area (Å²) in [5.41, 5.74) is 4.44. The number of hydrogen-bond donors (Lipinski definition) is 1. The van der Waals surface area contributed by atoms with Gasteiger partial charge in [0.25, 0.3) is 0 Å². The van der Waals surface area contributed by atoms with Crippen LogP contribution in [0.2, 0.25) is 0 Å². The fraction of sp³-hybridized carbons (Fsp3) is 0.375. The Bertz CT molecular complexity index is 273. The first-order valence-corrected chi connectivity index (χ1v) is 3.86. The molecule has 0 aliphatic rings. The van der Waals surface area contributed by atoms with Gasteiger partial charge in [-0.3, -0.25) is 5.43 Å². The molecule has 0 aliphatic carbocycles. The van der Waals surface area contributed by atoms with E-state index in [0.29, 0.717) is 6.61 Å². The van der Waals surface area contributed by atoms with Gasteiger partial charge in [-0.1, -0.05) is 0 Å². The summed E-state index contributed by atoms with van der Waals surface area (Å²) in [6.07, 6.45) is 4.77. The maximum Gasteiger partial charge on any atom is 0.115 e. The molecule has 1 N–H and O–H groups in total. The van der Waals surface area contributed by atoms with E-state index < -0.39 is 0 Å². The summed E-state index contributed by atoms with van der Waals surface area (Å²) in [5, 5.41) is 4.05. The van der Waals surface area contributed by atoms with Crippen LogP contribution in [0.25, 0.3) is 0 Å². The second-order valence-corrected chi connectivity index (χ2v) is 2.52. The van der Waals surface area contributed by atoms with Crippen molar-refractivity contribution in [1.29, 1.82) is 0 Å². The average Bonchev–Trinajstić information content (AvgIpc) is 2.17. The first kappa shape index (κ1) is 9.60. The van der Waals surface area contributed by atoms with E-state index in [0.717, 1.165) is 11.4 Å². The largest absolute Gasteiger partial charge is 0.379 e. The molecule has 0 bridgehead atoms. The summed E-state index contributed by atoms with van der Waals surface area (Å²) < 4.78 is 4.89. The fourth-order valence-corrected chi connectivity index (χ4v) is 0.758. The molecule has 0 radical (unpaired) electrons. The van der Waals surface area contributed by atoms with Gasteiger partial charge in [0.2, 0.25) is 0 Å². The highest BCUT2D eigenvalue weighted by Gasteiger charge is 1.90. The number of methoxy groups -OCH3 is 1. The molecule has 1 aromatic rings. The van der Waals surface area contributed by atoms with Crippen LogP contribution in [0.3, 0.4) is 0 Å². The van der Waals surface area contributed by atoms with Crippen molar-refractivity contribution in [2.24, 2.45) is 5.10 Å². The van der Waals surface area contributed by atoms with E-state index in [4.69, 9.17) is 4.74 Å². The average molecular weight is 180 g/mol. The molecule has 1 rings (SSSR count). The first-order valence-electron chi connectivity index (χ1n) is 3.86. The van der Waals surface area contributed by atoms with Crippen LogP contribution in [0.5, 0.6) is 0 Å². The van der Waals surface area contributed by atoms with E-state index in [1.165, 1.54) is 6.33 Å². The number of nitrogens with one attached hydrogen (secondary N) is 1. The highest BCUT2D eigenvalue weighted by Crippen LogP contribution is 1.99. The Balaban J connectivity index is 2.47. The predicted octanol–water partition coefficient (Wildman–Crippen LogP) is 0.911. The molecular weight excluding hydrogens is 168 g/mol. The monoisotopic (exact) mass is 180 g/mol. The van der Waals surface area contributed by atoms with E-state index >= 15 is 0 Å². The Labute approximate surface area is 76.9 Å². The lowest BCUT2D eigenvalue weighted by atomic mass is 10.5. The number of ether oxygens (including phenoxy) is 1. The zero-order chi connectivity index (χ0) is 9.52. The van der Waals surface area contributed by atoms with Gasteiger partial charge in [-0.2, -0.15) is 5.10 Å². The van der Waals surface area contributed by atoms with Gasteiger partial charge in [-0.15, -0.1) is 0 Å². The second-order valence-electron chi connectivity index (χ2n) is 2.52. The molecule has 1 heterocycles. The summed E-state index contributed by atoms with van der Waals surface area (Å²) in [6.45, 7) is 2.39.